The lowest BCUT2D eigenvalue weighted by molar-refractivity contribution is 0.0953. The predicted molar refractivity (Wildman–Crippen MR) is 128 cm³/mol. The summed E-state index contributed by atoms with van der Waals surface area (Å²) < 4.78 is 21.2. The highest BCUT2D eigenvalue weighted by molar-refractivity contribution is 5.94. The molecule has 170 valence electrons. The number of aryl methyl sites for hydroxylation is 3. The van der Waals surface area contributed by atoms with Gasteiger partial charge in [-0.15, -0.1) is 0 Å². The van der Waals surface area contributed by atoms with Gasteiger partial charge >= 0.3 is 0 Å². The van der Waals surface area contributed by atoms with E-state index in [1.807, 2.05) is 42.5 Å². The molecule has 0 unspecified atom stereocenters. The second-order valence-electron chi connectivity index (χ2n) is 8.05. The van der Waals surface area contributed by atoms with E-state index in [4.69, 9.17) is 9.72 Å². The summed E-state index contributed by atoms with van der Waals surface area (Å²) in [7, 11) is 0. The number of aromatic nitrogens is 2. The minimum Gasteiger partial charge on any atom is -0.494 e. The first-order valence-electron chi connectivity index (χ1n) is 11.3. The largest absolute Gasteiger partial charge is 0.494 e. The Morgan fingerprint density at radius 1 is 1.00 bits per heavy atom. The van der Waals surface area contributed by atoms with Gasteiger partial charge in [0.15, 0.2) is 0 Å². The molecule has 0 saturated carbocycles. The molecule has 0 aliphatic heterocycles. The molecule has 4 aromatic rings. The second kappa shape index (κ2) is 10.8. The van der Waals surface area contributed by atoms with Gasteiger partial charge in [0.05, 0.1) is 17.6 Å². The van der Waals surface area contributed by atoms with Crippen LogP contribution in [0, 0.1) is 12.7 Å². The van der Waals surface area contributed by atoms with Crippen LogP contribution in [0.1, 0.15) is 34.6 Å². The normalized spacial score (nSPS) is 11.0. The van der Waals surface area contributed by atoms with Crippen LogP contribution in [0.25, 0.3) is 11.0 Å². The molecule has 0 fully saturated rings. The Labute approximate surface area is 193 Å². The zero-order chi connectivity index (χ0) is 23.0. The summed E-state index contributed by atoms with van der Waals surface area (Å²) in [6.45, 7) is 4.02. The number of carbonyl (C=O) groups excluding carboxylic acids is 1. The van der Waals surface area contributed by atoms with Gasteiger partial charge in [-0.3, -0.25) is 4.79 Å². The van der Waals surface area contributed by atoms with Crippen molar-refractivity contribution in [1.82, 2.24) is 14.9 Å². The monoisotopic (exact) mass is 445 g/mol. The minimum atomic E-state index is -0.352. The molecule has 33 heavy (non-hydrogen) atoms. The Kier molecular flexibility index (Phi) is 7.35. The van der Waals surface area contributed by atoms with Crippen molar-refractivity contribution in [3.05, 3.63) is 95.6 Å². The van der Waals surface area contributed by atoms with Crippen LogP contribution in [0.4, 0.5) is 4.39 Å². The molecule has 1 N–H and O–H groups in total. The van der Waals surface area contributed by atoms with Crippen LogP contribution < -0.4 is 10.1 Å². The van der Waals surface area contributed by atoms with Crippen molar-refractivity contribution in [1.29, 1.82) is 0 Å². The van der Waals surface area contributed by atoms with Crippen LogP contribution in [0.2, 0.25) is 0 Å². The molecular weight excluding hydrogens is 417 g/mol. The number of nitrogens with one attached hydrogen (secondary N) is 1. The Morgan fingerprint density at radius 2 is 1.76 bits per heavy atom. The molecule has 0 spiro atoms. The summed E-state index contributed by atoms with van der Waals surface area (Å²) in [5, 5.41) is 2.90. The van der Waals surface area contributed by atoms with Crippen molar-refractivity contribution in [2.75, 3.05) is 13.2 Å². The van der Waals surface area contributed by atoms with E-state index < -0.39 is 0 Å². The number of amides is 1. The highest BCUT2D eigenvalue weighted by Crippen LogP contribution is 2.18. The average Bonchev–Trinajstić information content (AvgIpc) is 3.18. The summed E-state index contributed by atoms with van der Waals surface area (Å²) in [6.07, 6.45) is 2.37. The summed E-state index contributed by atoms with van der Waals surface area (Å²) in [5.74, 6) is 1.34. The molecule has 4 rings (SSSR count). The number of halogens is 1. The SMILES string of the molecule is Cc1ccc(OCCCn2c(CCCNC(=O)c3ccc(F)cc3)nc3ccccc32)cc1. The van der Waals surface area contributed by atoms with Gasteiger partial charge in [0, 0.05) is 25.1 Å². The topological polar surface area (TPSA) is 56.1 Å². The van der Waals surface area contributed by atoms with Crippen LogP contribution in [0.15, 0.2) is 72.8 Å². The lowest BCUT2D eigenvalue weighted by atomic mass is 10.2. The van der Waals surface area contributed by atoms with Gasteiger partial charge in [-0.1, -0.05) is 29.8 Å². The van der Waals surface area contributed by atoms with E-state index in [2.05, 4.69) is 22.9 Å². The van der Waals surface area contributed by atoms with Crippen LogP contribution in [-0.4, -0.2) is 28.6 Å². The fourth-order valence-electron chi connectivity index (χ4n) is 3.76. The number of benzene rings is 3. The summed E-state index contributed by atoms with van der Waals surface area (Å²) in [5.41, 5.74) is 3.75. The van der Waals surface area contributed by atoms with Gasteiger partial charge < -0.3 is 14.6 Å². The van der Waals surface area contributed by atoms with Crippen molar-refractivity contribution >= 4 is 16.9 Å². The van der Waals surface area contributed by atoms with Crippen LogP contribution in [0.5, 0.6) is 5.75 Å². The van der Waals surface area contributed by atoms with Crippen LogP contribution in [-0.2, 0) is 13.0 Å². The molecule has 0 radical (unpaired) electrons. The molecule has 0 saturated heterocycles. The molecular formula is C27H28FN3O2. The molecule has 1 aromatic heterocycles. The quantitative estimate of drug-likeness (QED) is 0.336. The van der Waals surface area contributed by atoms with E-state index in [1.54, 1.807) is 0 Å². The highest BCUT2D eigenvalue weighted by atomic mass is 19.1. The van der Waals surface area contributed by atoms with E-state index in [9.17, 15) is 9.18 Å². The molecule has 3 aromatic carbocycles. The van der Waals surface area contributed by atoms with Crippen LogP contribution in [0.3, 0.4) is 0 Å². The van der Waals surface area contributed by atoms with Crippen molar-refractivity contribution < 1.29 is 13.9 Å². The smallest absolute Gasteiger partial charge is 0.251 e. The minimum absolute atomic E-state index is 0.197. The highest BCUT2D eigenvalue weighted by Gasteiger charge is 2.11. The van der Waals surface area contributed by atoms with Gasteiger partial charge in [0.1, 0.15) is 17.4 Å². The predicted octanol–water partition coefficient (Wildman–Crippen LogP) is 5.32. The molecule has 5 nitrogen and oxygen atoms in total. The van der Waals surface area contributed by atoms with Gasteiger partial charge in [-0.25, -0.2) is 9.37 Å². The fourth-order valence-corrected chi connectivity index (χ4v) is 3.76. The average molecular weight is 446 g/mol. The third-order valence-corrected chi connectivity index (χ3v) is 5.52. The zero-order valence-electron chi connectivity index (χ0n) is 18.8. The summed E-state index contributed by atoms with van der Waals surface area (Å²) in [6, 6.07) is 21.8. The lowest BCUT2D eigenvalue weighted by Gasteiger charge is -2.11. The Morgan fingerprint density at radius 3 is 2.55 bits per heavy atom. The Bertz CT molecular complexity index is 1200. The molecule has 1 amide bonds. The van der Waals surface area contributed by atoms with E-state index >= 15 is 0 Å². The number of hydrogen-bond acceptors (Lipinski definition) is 3. The number of rotatable bonds is 10. The number of hydrogen-bond donors (Lipinski definition) is 1. The van der Waals surface area contributed by atoms with Crippen LogP contribution >= 0.6 is 0 Å². The fraction of sp³-hybridized carbons (Fsp3) is 0.259. The second-order valence-corrected chi connectivity index (χ2v) is 8.05. The molecule has 6 heteroatoms. The number of fused-ring (bicyclic) bond motifs is 1. The molecule has 1 heterocycles. The number of ether oxygens (including phenoxy) is 1. The van der Waals surface area contributed by atoms with E-state index in [1.165, 1.54) is 29.8 Å². The number of imidazole rings is 1. The first-order chi connectivity index (χ1) is 16.1. The van der Waals surface area contributed by atoms with E-state index in [0.717, 1.165) is 48.4 Å². The van der Waals surface area contributed by atoms with Crippen molar-refractivity contribution in [3.63, 3.8) is 0 Å². The van der Waals surface area contributed by atoms with E-state index in [-0.39, 0.29) is 11.7 Å². The third-order valence-electron chi connectivity index (χ3n) is 5.52. The van der Waals surface area contributed by atoms with Gasteiger partial charge in [-0.2, -0.15) is 0 Å². The standard InChI is InChI=1S/C27H28FN3O2/c1-20-9-15-23(16-10-20)33-19-5-18-31-25-7-3-2-6-24(25)30-26(31)8-4-17-29-27(32)21-11-13-22(28)14-12-21/h2-3,6-7,9-16H,4-5,8,17-19H2,1H3,(H,29,32). The molecule has 0 aliphatic rings. The van der Waals surface area contributed by atoms with E-state index in [0.29, 0.717) is 18.7 Å². The van der Waals surface area contributed by atoms with Crippen molar-refractivity contribution in [3.8, 4) is 5.75 Å². The Hall–Kier alpha value is -3.67. The van der Waals surface area contributed by atoms with Gasteiger partial charge in [-0.05, 0) is 68.3 Å². The maximum Gasteiger partial charge on any atom is 0.251 e. The summed E-state index contributed by atoms with van der Waals surface area (Å²) in [4.78, 5) is 17.0. The lowest BCUT2D eigenvalue weighted by Crippen LogP contribution is -2.25. The maximum absolute atomic E-state index is 13.0. The number of carbonyl (C=O) groups is 1. The first kappa shape index (κ1) is 22.5. The van der Waals surface area contributed by atoms with Gasteiger partial charge in [0.25, 0.3) is 5.91 Å². The summed E-state index contributed by atoms with van der Waals surface area (Å²) >= 11 is 0. The molecule has 0 atom stereocenters. The Balaban J connectivity index is 1.32. The zero-order valence-corrected chi connectivity index (χ0v) is 18.8. The molecule has 0 bridgehead atoms. The number of nitrogens with zero attached hydrogens (tertiary/aromatic N) is 2. The third kappa shape index (κ3) is 5.98. The molecule has 0 aliphatic carbocycles. The maximum atomic E-state index is 13.0. The first-order valence-corrected chi connectivity index (χ1v) is 11.3. The van der Waals surface area contributed by atoms with Crippen molar-refractivity contribution in [2.45, 2.75) is 32.7 Å². The number of para-hydroxylation sites is 2. The van der Waals surface area contributed by atoms with Crippen molar-refractivity contribution in [2.24, 2.45) is 0 Å². The van der Waals surface area contributed by atoms with Gasteiger partial charge in [0.2, 0.25) is 0 Å².